The Labute approximate surface area is 103 Å². The minimum atomic E-state index is 0.153. The number of rotatable bonds is 5. The molecule has 0 saturated carbocycles. The Bertz CT molecular complexity index is 322. The summed E-state index contributed by atoms with van der Waals surface area (Å²) in [7, 11) is 0. The van der Waals surface area contributed by atoms with Crippen LogP contribution in [0.15, 0.2) is 15.9 Å². The molecule has 0 atom stereocenters. The van der Waals surface area contributed by atoms with Crippen LogP contribution in [-0.4, -0.2) is 12.5 Å². The lowest BCUT2D eigenvalue weighted by Crippen LogP contribution is -2.26. The van der Waals surface area contributed by atoms with Crippen LogP contribution in [0, 0.1) is 5.92 Å². The molecule has 4 heteroatoms. The molecule has 0 unspecified atom stereocenters. The van der Waals surface area contributed by atoms with Crippen molar-refractivity contribution in [2.24, 2.45) is 5.92 Å². The van der Waals surface area contributed by atoms with Gasteiger partial charge in [-0.3, -0.25) is 4.79 Å². The molecule has 1 aromatic heterocycles. The SMILES string of the molecule is CC(C)CC(=O)NCCc1cc(Br)cs1. The van der Waals surface area contributed by atoms with Crippen molar-refractivity contribution in [3.05, 3.63) is 20.8 Å². The number of halogens is 1. The lowest BCUT2D eigenvalue weighted by Gasteiger charge is -2.05. The van der Waals surface area contributed by atoms with E-state index < -0.39 is 0 Å². The van der Waals surface area contributed by atoms with Crippen molar-refractivity contribution in [2.45, 2.75) is 26.7 Å². The van der Waals surface area contributed by atoms with E-state index in [2.05, 4.69) is 46.5 Å². The van der Waals surface area contributed by atoms with Gasteiger partial charge in [0.2, 0.25) is 5.91 Å². The van der Waals surface area contributed by atoms with Crippen LogP contribution in [0.1, 0.15) is 25.1 Å². The fraction of sp³-hybridized carbons (Fsp3) is 0.545. The summed E-state index contributed by atoms with van der Waals surface area (Å²) >= 11 is 5.13. The summed E-state index contributed by atoms with van der Waals surface area (Å²) in [4.78, 5) is 12.6. The van der Waals surface area contributed by atoms with Gasteiger partial charge in [0.25, 0.3) is 0 Å². The molecule has 1 aromatic rings. The van der Waals surface area contributed by atoms with E-state index in [1.807, 2.05) is 0 Å². The maximum absolute atomic E-state index is 11.3. The molecule has 1 rings (SSSR count). The van der Waals surface area contributed by atoms with Crippen molar-refractivity contribution >= 4 is 33.2 Å². The van der Waals surface area contributed by atoms with Crippen LogP contribution in [0.25, 0.3) is 0 Å². The second kappa shape index (κ2) is 6.28. The maximum Gasteiger partial charge on any atom is 0.220 e. The zero-order valence-corrected chi connectivity index (χ0v) is 11.5. The Morgan fingerprint density at radius 1 is 1.60 bits per heavy atom. The summed E-state index contributed by atoms with van der Waals surface area (Å²) < 4.78 is 1.12. The van der Waals surface area contributed by atoms with Crippen LogP contribution in [-0.2, 0) is 11.2 Å². The van der Waals surface area contributed by atoms with E-state index >= 15 is 0 Å². The first-order chi connectivity index (χ1) is 7.08. The van der Waals surface area contributed by atoms with Gasteiger partial charge in [0.1, 0.15) is 0 Å². The van der Waals surface area contributed by atoms with Crippen LogP contribution in [0.2, 0.25) is 0 Å². The summed E-state index contributed by atoms with van der Waals surface area (Å²) in [6, 6.07) is 2.10. The van der Waals surface area contributed by atoms with E-state index in [1.165, 1.54) is 4.88 Å². The molecular formula is C11H16BrNOS. The Morgan fingerprint density at radius 3 is 2.87 bits per heavy atom. The Hall–Kier alpha value is -0.350. The lowest BCUT2D eigenvalue weighted by molar-refractivity contribution is -0.121. The Morgan fingerprint density at radius 2 is 2.33 bits per heavy atom. The van der Waals surface area contributed by atoms with E-state index in [4.69, 9.17) is 0 Å². The summed E-state index contributed by atoms with van der Waals surface area (Å²) in [5.74, 6) is 0.585. The topological polar surface area (TPSA) is 29.1 Å². The smallest absolute Gasteiger partial charge is 0.220 e. The van der Waals surface area contributed by atoms with Gasteiger partial charge in [0, 0.05) is 27.7 Å². The molecule has 84 valence electrons. The number of hydrogen-bond acceptors (Lipinski definition) is 2. The van der Waals surface area contributed by atoms with Gasteiger partial charge >= 0.3 is 0 Å². The third-order valence-corrected chi connectivity index (χ3v) is 3.67. The molecular weight excluding hydrogens is 274 g/mol. The van der Waals surface area contributed by atoms with Crippen molar-refractivity contribution in [2.75, 3.05) is 6.54 Å². The van der Waals surface area contributed by atoms with E-state index in [1.54, 1.807) is 11.3 Å². The van der Waals surface area contributed by atoms with E-state index in [-0.39, 0.29) is 5.91 Å². The zero-order valence-electron chi connectivity index (χ0n) is 9.05. The van der Waals surface area contributed by atoms with Crippen molar-refractivity contribution < 1.29 is 4.79 Å². The highest BCUT2D eigenvalue weighted by Crippen LogP contribution is 2.19. The second-order valence-electron chi connectivity index (χ2n) is 3.93. The first kappa shape index (κ1) is 12.7. The average Bonchev–Trinajstić information content (AvgIpc) is 2.50. The molecule has 0 aliphatic rings. The third kappa shape index (κ3) is 5.33. The minimum Gasteiger partial charge on any atom is -0.356 e. The fourth-order valence-electron chi connectivity index (χ4n) is 1.25. The summed E-state index contributed by atoms with van der Waals surface area (Å²) in [5.41, 5.74) is 0. The lowest BCUT2D eigenvalue weighted by atomic mass is 10.1. The van der Waals surface area contributed by atoms with E-state index in [9.17, 15) is 4.79 Å². The van der Waals surface area contributed by atoms with Gasteiger partial charge in [-0.05, 0) is 34.3 Å². The number of carbonyl (C=O) groups is 1. The molecule has 1 N–H and O–H groups in total. The Balaban J connectivity index is 2.19. The highest BCUT2D eigenvalue weighted by molar-refractivity contribution is 9.10. The minimum absolute atomic E-state index is 0.153. The van der Waals surface area contributed by atoms with Gasteiger partial charge in [-0.1, -0.05) is 13.8 Å². The van der Waals surface area contributed by atoms with Gasteiger partial charge in [0.05, 0.1) is 0 Å². The molecule has 0 saturated heterocycles. The molecule has 0 radical (unpaired) electrons. The molecule has 15 heavy (non-hydrogen) atoms. The highest BCUT2D eigenvalue weighted by Gasteiger charge is 2.04. The highest BCUT2D eigenvalue weighted by atomic mass is 79.9. The Kier molecular flexibility index (Phi) is 5.32. The standard InChI is InChI=1S/C11H16BrNOS/c1-8(2)5-11(14)13-4-3-10-6-9(12)7-15-10/h6-8H,3-5H2,1-2H3,(H,13,14). The zero-order chi connectivity index (χ0) is 11.3. The summed E-state index contributed by atoms with van der Waals surface area (Å²) in [6.07, 6.45) is 1.54. The van der Waals surface area contributed by atoms with E-state index in [0.717, 1.165) is 17.4 Å². The van der Waals surface area contributed by atoms with Gasteiger partial charge in [-0.15, -0.1) is 11.3 Å². The normalized spacial score (nSPS) is 10.7. The first-order valence-electron chi connectivity index (χ1n) is 5.07. The van der Waals surface area contributed by atoms with Gasteiger partial charge in [-0.2, -0.15) is 0 Å². The first-order valence-corrected chi connectivity index (χ1v) is 6.75. The quantitative estimate of drug-likeness (QED) is 0.886. The summed E-state index contributed by atoms with van der Waals surface area (Å²) in [5, 5.41) is 4.98. The van der Waals surface area contributed by atoms with Crippen LogP contribution in [0.3, 0.4) is 0 Å². The van der Waals surface area contributed by atoms with Crippen LogP contribution >= 0.6 is 27.3 Å². The van der Waals surface area contributed by atoms with Gasteiger partial charge in [-0.25, -0.2) is 0 Å². The molecule has 0 aliphatic carbocycles. The van der Waals surface area contributed by atoms with Gasteiger partial charge in [0.15, 0.2) is 0 Å². The molecule has 0 bridgehead atoms. The predicted molar refractivity (Wildman–Crippen MR) is 68.2 cm³/mol. The van der Waals surface area contributed by atoms with Crippen molar-refractivity contribution in [3.8, 4) is 0 Å². The molecule has 1 amide bonds. The molecule has 0 aromatic carbocycles. The molecule has 2 nitrogen and oxygen atoms in total. The number of amides is 1. The number of thiophene rings is 1. The van der Waals surface area contributed by atoms with E-state index in [0.29, 0.717) is 12.3 Å². The van der Waals surface area contributed by atoms with Crippen LogP contribution in [0.4, 0.5) is 0 Å². The second-order valence-corrected chi connectivity index (χ2v) is 5.84. The van der Waals surface area contributed by atoms with Crippen LogP contribution < -0.4 is 5.32 Å². The van der Waals surface area contributed by atoms with Crippen LogP contribution in [0.5, 0.6) is 0 Å². The average molecular weight is 290 g/mol. The van der Waals surface area contributed by atoms with Crippen molar-refractivity contribution in [1.29, 1.82) is 0 Å². The number of carbonyl (C=O) groups excluding carboxylic acids is 1. The molecule has 0 aliphatic heterocycles. The molecule has 1 heterocycles. The largest absolute Gasteiger partial charge is 0.356 e. The fourth-order valence-corrected chi connectivity index (χ4v) is 2.71. The molecule has 0 fully saturated rings. The number of hydrogen-bond donors (Lipinski definition) is 1. The third-order valence-electron chi connectivity index (χ3n) is 1.91. The molecule has 0 spiro atoms. The number of nitrogens with one attached hydrogen (secondary N) is 1. The predicted octanol–water partition coefficient (Wildman–Crippen LogP) is 3.22. The summed E-state index contributed by atoms with van der Waals surface area (Å²) in [6.45, 7) is 4.84. The van der Waals surface area contributed by atoms with Crippen molar-refractivity contribution in [3.63, 3.8) is 0 Å². The monoisotopic (exact) mass is 289 g/mol. The maximum atomic E-state index is 11.3. The van der Waals surface area contributed by atoms with Gasteiger partial charge < -0.3 is 5.32 Å². The van der Waals surface area contributed by atoms with Crippen molar-refractivity contribution in [1.82, 2.24) is 5.32 Å².